The Morgan fingerprint density at radius 2 is 1.50 bits per heavy atom. The van der Waals surface area contributed by atoms with Gasteiger partial charge in [-0.2, -0.15) is 0 Å². The zero-order valence-corrected chi connectivity index (χ0v) is 13.2. The number of hydrogen-bond donors (Lipinski definition) is 1. The van der Waals surface area contributed by atoms with Gasteiger partial charge in [0, 0.05) is 6.04 Å². The highest BCUT2D eigenvalue weighted by Gasteiger charge is 2.49. The molecule has 0 aromatic heterocycles. The number of hydrogen-bond acceptors (Lipinski definition) is 1. The van der Waals surface area contributed by atoms with Crippen LogP contribution in [0.1, 0.15) is 85.0 Å². The van der Waals surface area contributed by atoms with Crippen molar-refractivity contribution >= 4 is 0 Å². The molecule has 1 aliphatic carbocycles. The van der Waals surface area contributed by atoms with Crippen LogP contribution in [-0.2, 0) is 0 Å². The summed E-state index contributed by atoms with van der Waals surface area (Å²) in [7, 11) is 2.14. The largest absolute Gasteiger partial charge is 0.317 e. The summed E-state index contributed by atoms with van der Waals surface area (Å²) in [6.07, 6.45) is 14.3. The molecule has 1 rings (SSSR count). The van der Waals surface area contributed by atoms with E-state index < -0.39 is 0 Å². The van der Waals surface area contributed by atoms with E-state index in [1.165, 1.54) is 64.2 Å². The molecule has 0 bridgehead atoms. The Labute approximate surface area is 115 Å². The third kappa shape index (κ3) is 5.73. The van der Waals surface area contributed by atoms with Crippen LogP contribution in [0, 0.1) is 11.3 Å². The molecule has 0 aromatic carbocycles. The van der Waals surface area contributed by atoms with E-state index in [0.717, 1.165) is 12.0 Å². The van der Waals surface area contributed by atoms with Crippen molar-refractivity contribution in [3.8, 4) is 0 Å². The van der Waals surface area contributed by atoms with Crippen LogP contribution in [-0.4, -0.2) is 13.1 Å². The average Bonchev–Trinajstić information content (AvgIpc) is 2.96. The molecule has 108 valence electrons. The first kappa shape index (κ1) is 16.0. The van der Waals surface area contributed by atoms with Crippen LogP contribution >= 0.6 is 0 Å². The molecular weight excluding hydrogens is 218 g/mol. The molecule has 0 aliphatic heterocycles. The molecule has 1 saturated carbocycles. The van der Waals surface area contributed by atoms with Crippen molar-refractivity contribution in [2.45, 2.75) is 91.0 Å². The molecule has 0 heterocycles. The zero-order chi connectivity index (χ0) is 13.4. The first-order valence-corrected chi connectivity index (χ1v) is 8.29. The summed E-state index contributed by atoms with van der Waals surface area (Å²) in [6, 6.07) is 0.778. The number of nitrogens with one attached hydrogen (secondary N) is 1. The van der Waals surface area contributed by atoms with Crippen LogP contribution in [0.15, 0.2) is 0 Å². The van der Waals surface area contributed by atoms with Gasteiger partial charge in [-0.1, -0.05) is 72.1 Å². The summed E-state index contributed by atoms with van der Waals surface area (Å²) in [6.45, 7) is 7.11. The minimum Gasteiger partial charge on any atom is -0.317 e. The van der Waals surface area contributed by atoms with Crippen molar-refractivity contribution in [2.75, 3.05) is 7.05 Å². The summed E-state index contributed by atoms with van der Waals surface area (Å²) in [5, 5.41) is 3.54. The quantitative estimate of drug-likeness (QED) is 0.502. The predicted molar refractivity (Wildman–Crippen MR) is 82.0 cm³/mol. The lowest BCUT2D eigenvalue weighted by Crippen LogP contribution is -2.29. The highest BCUT2D eigenvalue weighted by Crippen LogP contribution is 2.54. The van der Waals surface area contributed by atoms with Gasteiger partial charge in [0.15, 0.2) is 0 Å². The van der Waals surface area contributed by atoms with Gasteiger partial charge in [0.05, 0.1) is 0 Å². The second kappa shape index (κ2) is 8.19. The normalized spacial score (nSPS) is 23.0. The van der Waals surface area contributed by atoms with E-state index >= 15 is 0 Å². The van der Waals surface area contributed by atoms with Gasteiger partial charge in [-0.05, 0) is 31.2 Å². The highest BCUT2D eigenvalue weighted by atomic mass is 14.9. The summed E-state index contributed by atoms with van der Waals surface area (Å²) >= 11 is 0. The molecule has 18 heavy (non-hydrogen) atoms. The Kier molecular flexibility index (Phi) is 7.29. The van der Waals surface area contributed by atoms with E-state index in [1.54, 1.807) is 0 Å². The Bertz CT molecular complexity index is 210. The standard InChI is InChI=1S/C17H35N/c1-5-6-7-8-9-10-11-12-13-16(18-4)15-14-17(15,2)3/h15-16,18H,5-14H2,1-4H3. The summed E-state index contributed by atoms with van der Waals surface area (Å²) < 4.78 is 0. The van der Waals surface area contributed by atoms with Gasteiger partial charge < -0.3 is 5.32 Å². The van der Waals surface area contributed by atoms with Gasteiger partial charge in [0.1, 0.15) is 0 Å². The Hall–Kier alpha value is -0.0400. The average molecular weight is 253 g/mol. The Balaban J connectivity index is 1.93. The molecule has 1 nitrogen and oxygen atoms in total. The molecule has 2 unspecified atom stereocenters. The molecule has 1 N–H and O–H groups in total. The maximum atomic E-state index is 3.54. The van der Waals surface area contributed by atoms with Gasteiger partial charge in [-0.25, -0.2) is 0 Å². The smallest absolute Gasteiger partial charge is 0.00976 e. The molecule has 0 amide bonds. The minimum absolute atomic E-state index is 0.619. The van der Waals surface area contributed by atoms with Crippen LogP contribution in [0.4, 0.5) is 0 Å². The highest BCUT2D eigenvalue weighted by molar-refractivity contribution is 5.01. The van der Waals surface area contributed by atoms with Gasteiger partial charge >= 0.3 is 0 Å². The SMILES string of the molecule is CCCCCCCCCCC(NC)C1CC1(C)C. The van der Waals surface area contributed by atoms with E-state index in [-0.39, 0.29) is 0 Å². The van der Waals surface area contributed by atoms with Crippen LogP contribution in [0.2, 0.25) is 0 Å². The molecule has 0 spiro atoms. The van der Waals surface area contributed by atoms with Crippen molar-refractivity contribution in [1.82, 2.24) is 5.32 Å². The van der Waals surface area contributed by atoms with E-state index in [4.69, 9.17) is 0 Å². The molecule has 1 fully saturated rings. The lowest BCUT2D eigenvalue weighted by atomic mass is 9.98. The molecule has 1 heteroatoms. The summed E-state index contributed by atoms with van der Waals surface area (Å²) in [4.78, 5) is 0. The first-order valence-electron chi connectivity index (χ1n) is 8.29. The maximum absolute atomic E-state index is 3.54. The third-order valence-electron chi connectivity index (χ3n) is 4.81. The minimum atomic E-state index is 0.619. The molecule has 0 aromatic rings. The lowest BCUT2D eigenvalue weighted by Gasteiger charge is -2.17. The summed E-state index contributed by atoms with van der Waals surface area (Å²) in [5.74, 6) is 0.937. The van der Waals surface area contributed by atoms with E-state index in [1.807, 2.05) is 0 Å². The second-order valence-corrected chi connectivity index (χ2v) is 6.96. The fourth-order valence-electron chi connectivity index (χ4n) is 3.24. The monoisotopic (exact) mass is 253 g/mol. The van der Waals surface area contributed by atoms with E-state index in [0.29, 0.717) is 5.41 Å². The van der Waals surface area contributed by atoms with Gasteiger partial charge in [0.25, 0.3) is 0 Å². The Morgan fingerprint density at radius 1 is 1.00 bits per heavy atom. The summed E-state index contributed by atoms with van der Waals surface area (Å²) in [5.41, 5.74) is 0.619. The van der Waals surface area contributed by atoms with Crippen molar-refractivity contribution < 1.29 is 0 Å². The Morgan fingerprint density at radius 3 is 1.94 bits per heavy atom. The molecule has 2 atom stereocenters. The van der Waals surface area contributed by atoms with E-state index in [2.05, 4.69) is 33.1 Å². The predicted octanol–water partition coefficient (Wildman–Crippen LogP) is 5.15. The molecule has 0 saturated heterocycles. The van der Waals surface area contributed by atoms with Crippen LogP contribution < -0.4 is 5.32 Å². The zero-order valence-electron chi connectivity index (χ0n) is 13.2. The first-order chi connectivity index (χ1) is 8.61. The van der Waals surface area contributed by atoms with Crippen molar-refractivity contribution in [2.24, 2.45) is 11.3 Å². The lowest BCUT2D eigenvalue weighted by molar-refractivity contribution is 0.391. The molecular formula is C17H35N. The fraction of sp³-hybridized carbons (Fsp3) is 1.00. The van der Waals surface area contributed by atoms with E-state index in [9.17, 15) is 0 Å². The fourth-order valence-corrected chi connectivity index (χ4v) is 3.24. The molecule has 1 aliphatic rings. The maximum Gasteiger partial charge on any atom is 0.00976 e. The van der Waals surface area contributed by atoms with Gasteiger partial charge in [0.2, 0.25) is 0 Å². The topological polar surface area (TPSA) is 12.0 Å². The molecule has 0 radical (unpaired) electrons. The van der Waals surface area contributed by atoms with Crippen molar-refractivity contribution in [3.05, 3.63) is 0 Å². The number of rotatable bonds is 11. The van der Waals surface area contributed by atoms with Crippen molar-refractivity contribution in [1.29, 1.82) is 0 Å². The van der Waals surface area contributed by atoms with Crippen molar-refractivity contribution in [3.63, 3.8) is 0 Å². The van der Waals surface area contributed by atoms with Crippen LogP contribution in [0.5, 0.6) is 0 Å². The van der Waals surface area contributed by atoms with Gasteiger partial charge in [-0.15, -0.1) is 0 Å². The van der Waals surface area contributed by atoms with Gasteiger partial charge in [-0.3, -0.25) is 0 Å². The third-order valence-corrected chi connectivity index (χ3v) is 4.81. The van der Waals surface area contributed by atoms with Crippen LogP contribution in [0.3, 0.4) is 0 Å². The van der Waals surface area contributed by atoms with Crippen LogP contribution in [0.25, 0.3) is 0 Å². The number of unbranched alkanes of at least 4 members (excludes halogenated alkanes) is 7. The second-order valence-electron chi connectivity index (χ2n) is 6.96.